The maximum atomic E-state index is 9.88. The highest BCUT2D eigenvalue weighted by atomic mass is 16.5. The Morgan fingerprint density at radius 2 is 1.75 bits per heavy atom. The highest BCUT2D eigenvalue weighted by molar-refractivity contribution is 5.56. The molecule has 1 unspecified atom stereocenters. The van der Waals surface area contributed by atoms with Crippen LogP contribution in [0.2, 0.25) is 0 Å². The fourth-order valence-electron chi connectivity index (χ4n) is 2.59. The van der Waals surface area contributed by atoms with Crippen molar-refractivity contribution in [2.45, 2.75) is 25.9 Å². The molecule has 1 heterocycles. The predicted octanol–water partition coefficient (Wildman–Crippen LogP) is 3.18. The second kappa shape index (κ2) is 4.63. The van der Waals surface area contributed by atoms with Gasteiger partial charge in [-0.05, 0) is 37.5 Å². The summed E-state index contributed by atoms with van der Waals surface area (Å²) in [5.74, 6) is 0.892. The molecule has 20 heavy (non-hydrogen) atoms. The van der Waals surface area contributed by atoms with Crippen molar-refractivity contribution in [1.29, 1.82) is 0 Å². The maximum absolute atomic E-state index is 9.88. The predicted molar refractivity (Wildman–Crippen MR) is 74.3 cm³/mol. The Balaban J connectivity index is 1.97. The molecule has 4 nitrogen and oxygen atoms in total. The van der Waals surface area contributed by atoms with Crippen molar-refractivity contribution in [1.82, 2.24) is 0 Å². The lowest BCUT2D eigenvalue weighted by molar-refractivity contribution is 0.172. The average Bonchev–Trinajstić information content (AvgIpc) is 2.45. The third-order valence-corrected chi connectivity index (χ3v) is 3.76. The summed E-state index contributed by atoms with van der Waals surface area (Å²) in [7, 11) is 0. The number of hydrogen-bond acceptors (Lipinski definition) is 4. The van der Waals surface area contributed by atoms with Crippen molar-refractivity contribution in [3.8, 4) is 23.0 Å². The quantitative estimate of drug-likeness (QED) is 0.745. The highest BCUT2D eigenvalue weighted by Gasteiger charge is 2.26. The molecule has 104 valence electrons. The molecule has 3 rings (SSSR count). The zero-order chi connectivity index (χ0) is 14.3. The van der Waals surface area contributed by atoms with Gasteiger partial charge < -0.3 is 20.1 Å². The van der Waals surface area contributed by atoms with Gasteiger partial charge in [-0.15, -0.1) is 0 Å². The standard InChI is InChI=1S/C16H16O4/c1-9-13(18)8-14(19)12-6-7-15(20-16(9)12)10-2-4-11(17)5-3-10/h2-5,8,15,17-19H,6-7H2,1H3. The fraction of sp³-hybridized carbons (Fsp3) is 0.250. The van der Waals surface area contributed by atoms with Crippen LogP contribution in [0.15, 0.2) is 30.3 Å². The van der Waals surface area contributed by atoms with E-state index in [-0.39, 0.29) is 23.4 Å². The average molecular weight is 272 g/mol. The van der Waals surface area contributed by atoms with Crippen LogP contribution in [-0.2, 0) is 6.42 Å². The van der Waals surface area contributed by atoms with Crippen LogP contribution in [0.4, 0.5) is 0 Å². The van der Waals surface area contributed by atoms with Crippen molar-refractivity contribution in [3.05, 3.63) is 47.0 Å². The summed E-state index contributed by atoms with van der Waals surface area (Å²) in [6.07, 6.45) is 1.30. The van der Waals surface area contributed by atoms with Gasteiger partial charge in [0.1, 0.15) is 29.1 Å². The Morgan fingerprint density at radius 3 is 2.45 bits per heavy atom. The van der Waals surface area contributed by atoms with Gasteiger partial charge >= 0.3 is 0 Å². The van der Waals surface area contributed by atoms with Crippen molar-refractivity contribution >= 4 is 0 Å². The minimum absolute atomic E-state index is 0.0348. The molecule has 0 saturated carbocycles. The van der Waals surface area contributed by atoms with E-state index in [0.717, 1.165) is 17.5 Å². The lowest BCUT2D eigenvalue weighted by atomic mass is 9.95. The van der Waals surface area contributed by atoms with E-state index >= 15 is 0 Å². The van der Waals surface area contributed by atoms with E-state index in [1.54, 1.807) is 19.1 Å². The SMILES string of the molecule is Cc1c(O)cc(O)c2c1OC(c1ccc(O)cc1)CC2. The Kier molecular flexibility index (Phi) is 2.93. The molecule has 1 aliphatic heterocycles. The number of benzene rings is 2. The first-order chi connectivity index (χ1) is 9.56. The van der Waals surface area contributed by atoms with Gasteiger partial charge in [-0.1, -0.05) is 12.1 Å². The van der Waals surface area contributed by atoms with Crippen molar-refractivity contribution in [2.75, 3.05) is 0 Å². The third-order valence-electron chi connectivity index (χ3n) is 3.76. The molecule has 0 amide bonds. The monoisotopic (exact) mass is 272 g/mol. The fourth-order valence-corrected chi connectivity index (χ4v) is 2.59. The van der Waals surface area contributed by atoms with Gasteiger partial charge in [-0.3, -0.25) is 0 Å². The first kappa shape index (κ1) is 12.7. The molecular weight excluding hydrogens is 256 g/mol. The molecule has 0 radical (unpaired) electrons. The number of ether oxygens (including phenoxy) is 1. The van der Waals surface area contributed by atoms with Crippen molar-refractivity contribution in [2.24, 2.45) is 0 Å². The van der Waals surface area contributed by atoms with Crippen LogP contribution in [0.25, 0.3) is 0 Å². The maximum Gasteiger partial charge on any atom is 0.133 e. The van der Waals surface area contributed by atoms with Gasteiger partial charge in [0, 0.05) is 17.2 Å². The summed E-state index contributed by atoms with van der Waals surface area (Å²) in [6, 6.07) is 8.26. The van der Waals surface area contributed by atoms with Gasteiger partial charge in [0.25, 0.3) is 0 Å². The lowest BCUT2D eigenvalue weighted by Gasteiger charge is -2.28. The highest BCUT2D eigenvalue weighted by Crippen LogP contribution is 2.44. The summed E-state index contributed by atoms with van der Waals surface area (Å²) in [5, 5.41) is 29.0. The minimum atomic E-state index is -0.136. The first-order valence-corrected chi connectivity index (χ1v) is 6.56. The van der Waals surface area contributed by atoms with Crippen LogP contribution >= 0.6 is 0 Å². The van der Waals surface area contributed by atoms with Crippen LogP contribution in [0, 0.1) is 6.92 Å². The first-order valence-electron chi connectivity index (χ1n) is 6.56. The summed E-state index contributed by atoms with van der Waals surface area (Å²) in [6.45, 7) is 1.77. The van der Waals surface area contributed by atoms with Gasteiger partial charge in [0.05, 0.1) is 0 Å². The van der Waals surface area contributed by atoms with Crippen LogP contribution in [0.3, 0.4) is 0 Å². The van der Waals surface area contributed by atoms with Crippen molar-refractivity contribution in [3.63, 3.8) is 0 Å². The van der Waals surface area contributed by atoms with Crippen LogP contribution < -0.4 is 4.74 Å². The van der Waals surface area contributed by atoms with Gasteiger partial charge in [0.15, 0.2) is 0 Å². The topological polar surface area (TPSA) is 69.9 Å². The van der Waals surface area contributed by atoms with E-state index in [0.29, 0.717) is 17.7 Å². The molecule has 0 aromatic heterocycles. The molecule has 0 saturated heterocycles. The molecule has 3 N–H and O–H groups in total. The van der Waals surface area contributed by atoms with E-state index in [1.165, 1.54) is 6.07 Å². The Hall–Kier alpha value is -2.36. The minimum Gasteiger partial charge on any atom is -0.508 e. The molecular formula is C16H16O4. The lowest BCUT2D eigenvalue weighted by Crippen LogP contribution is -2.16. The van der Waals surface area contributed by atoms with E-state index < -0.39 is 0 Å². The zero-order valence-corrected chi connectivity index (χ0v) is 11.1. The second-order valence-electron chi connectivity index (χ2n) is 5.08. The number of phenolic OH excluding ortho intramolecular Hbond substituents is 3. The number of rotatable bonds is 1. The van der Waals surface area contributed by atoms with E-state index in [1.807, 2.05) is 12.1 Å². The summed E-state index contributed by atoms with van der Waals surface area (Å²) in [5.41, 5.74) is 2.35. The smallest absolute Gasteiger partial charge is 0.133 e. The van der Waals surface area contributed by atoms with E-state index in [4.69, 9.17) is 4.74 Å². The molecule has 0 aliphatic carbocycles. The van der Waals surface area contributed by atoms with Gasteiger partial charge in [0.2, 0.25) is 0 Å². The summed E-state index contributed by atoms with van der Waals surface area (Å²) < 4.78 is 5.95. The van der Waals surface area contributed by atoms with Crippen LogP contribution in [-0.4, -0.2) is 15.3 Å². The summed E-state index contributed by atoms with van der Waals surface area (Å²) in [4.78, 5) is 0. The second-order valence-corrected chi connectivity index (χ2v) is 5.08. The van der Waals surface area contributed by atoms with Crippen LogP contribution in [0.5, 0.6) is 23.0 Å². The molecule has 2 aromatic rings. The number of hydrogen-bond donors (Lipinski definition) is 3. The zero-order valence-electron chi connectivity index (χ0n) is 11.1. The van der Waals surface area contributed by atoms with E-state index in [9.17, 15) is 15.3 Å². The Bertz CT molecular complexity index is 647. The number of aromatic hydroxyl groups is 3. The molecule has 0 bridgehead atoms. The molecule has 4 heteroatoms. The van der Waals surface area contributed by atoms with Crippen molar-refractivity contribution < 1.29 is 20.1 Å². The molecule has 1 atom stereocenters. The van der Waals surface area contributed by atoms with E-state index in [2.05, 4.69) is 0 Å². The van der Waals surface area contributed by atoms with Gasteiger partial charge in [-0.2, -0.15) is 0 Å². The van der Waals surface area contributed by atoms with Crippen LogP contribution in [0.1, 0.15) is 29.2 Å². The molecule has 0 fully saturated rings. The third kappa shape index (κ3) is 2.03. The Labute approximate surface area is 116 Å². The summed E-state index contributed by atoms with van der Waals surface area (Å²) >= 11 is 0. The number of fused-ring (bicyclic) bond motifs is 1. The number of phenols is 3. The molecule has 2 aromatic carbocycles. The normalized spacial score (nSPS) is 17.4. The molecule has 1 aliphatic rings. The molecule has 0 spiro atoms. The largest absolute Gasteiger partial charge is 0.508 e. The van der Waals surface area contributed by atoms with Gasteiger partial charge in [-0.25, -0.2) is 0 Å². The Morgan fingerprint density at radius 1 is 1.05 bits per heavy atom.